The van der Waals surface area contributed by atoms with Crippen LogP contribution in [0.15, 0.2) is 24.4 Å². The van der Waals surface area contributed by atoms with Crippen LogP contribution in [-0.4, -0.2) is 80.1 Å². The Balaban J connectivity index is 0.000000426. The number of halogens is 3. The summed E-state index contributed by atoms with van der Waals surface area (Å²) in [4.78, 5) is 46.8. The number of fused-ring (bicyclic) bond motifs is 1. The van der Waals surface area contributed by atoms with Crippen LogP contribution < -0.4 is 10.6 Å². The van der Waals surface area contributed by atoms with E-state index in [-0.39, 0.29) is 18.2 Å². The fraction of sp³-hybridized carbons (Fsp3) is 0.478. The molecule has 1 unspecified atom stereocenters. The molecule has 0 radical (unpaired) electrons. The normalized spacial score (nSPS) is 21.1. The molecule has 0 bridgehead atoms. The highest BCUT2D eigenvalue weighted by molar-refractivity contribution is 6.05. The molecule has 204 valence electrons. The van der Waals surface area contributed by atoms with E-state index in [0.717, 1.165) is 29.9 Å². The van der Waals surface area contributed by atoms with Gasteiger partial charge in [0.05, 0.1) is 25.1 Å². The van der Waals surface area contributed by atoms with E-state index >= 15 is 0 Å². The summed E-state index contributed by atoms with van der Waals surface area (Å²) in [7, 11) is 0. The Morgan fingerprint density at radius 3 is 2.63 bits per heavy atom. The Kier molecular flexibility index (Phi) is 8.06. The number of rotatable bonds is 6. The van der Waals surface area contributed by atoms with E-state index in [2.05, 4.69) is 20.9 Å². The van der Waals surface area contributed by atoms with E-state index in [0.29, 0.717) is 37.8 Å². The Bertz CT molecular complexity index is 1230. The molecule has 0 spiro atoms. The van der Waals surface area contributed by atoms with Crippen molar-refractivity contribution in [3.63, 3.8) is 0 Å². The molecule has 3 amide bonds. The molecule has 12 nitrogen and oxygen atoms in total. The Morgan fingerprint density at radius 1 is 1.21 bits per heavy atom. The third-order valence-electron chi connectivity index (χ3n) is 6.29. The summed E-state index contributed by atoms with van der Waals surface area (Å²) in [6, 6.07) is 5.25. The van der Waals surface area contributed by atoms with Crippen LogP contribution in [0, 0.1) is 0 Å². The third kappa shape index (κ3) is 6.34. The van der Waals surface area contributed by atoms with Crippen LogP contribution in [-0.2, 0) is 32.3 Å². The first-order valence-electron chi connectivity index (χ1n) is 11.8. The van der Waals surface area contributed by atoms with Gasteiger partial charge >= 0.3 is 12.1 Å². The van der Waals surface area contributed by atoms with Crippen LogP contribution in [0.1, 0.15) is 47.3 Å². The van der Waals surface area contributed by atoms with Gasteiger partial charge in [0.1, 0.15) is 11.7 Å². The highest BCUT2D eigenvalue weighted by Gasteiger charge is 2.39. The van der Waals surface area contributed by atoms with Gasteiger partial charge in [-0.1, -0.05) is 5.21 Å². The molecule has 2 saturated heterocycles. The molecule has 2 fully saturated rings. The SMILES string of the molecule is O=C(O)C(F)(F)F.O=C1CCC(N2Cc3cc(-n4cc(COC[C@@H]5CCCN5)nn4)ccc3C2=O)C(=O)N1. The zero-order valence-corrected chi connectivity index (χ0v) is 20.0. The van der Waals surface area contributed by atoms with Crippen LogP contribution in [0.5, 0.6) is 0 Å². The van der Waals surface area contributed by atoms with E-state index in [1.165, 1.54) is 11.3 Å². The number of aliphatic carboxylic acids is 1. The predicted octanol–water partition coefficient (Wildman–Crippen LogP) is 0.930. The van der Waals surface area contributed by atoms with Gasteiger partial charge in [-0.25, -0.2) is 9.48 Å². The number of nitrogens with one attached hydrogen (secondary N) is 2. The topological polar surface area (TPSA) is 156 Å². The fourth-order valence-corrected chi connectivity index (χ4v) is 4.40. The van der Waals surface area contributed by atoms with Crippen LogP contribution in [0.3, 0.4) is 0 Å². The van der Waals surface area contributed by atoms with Gasteiger partial charge in [-0.2, -0.15) is 13.2 Å². The third-order valence-corrected chi connectivity index (χ3v) is 6.29. The van der Waals surface area contributed by atoms with Crippen molar-refractivity contribution >= 4 is 23.7 Å². The summed E-state index contributed by atoms with van der Waals surface area (Å²) >= 11 is 0. The minimum atomic E-state index is -5.08. The highest BCUT2D eigenvalue weighted by Crippen LogP contribution is 2.29. The van der Waals surface area contributed by atoms with Crippen LogP contribution in [0.2, 0.25) is 0 Å². The number of carbonyl (C=O) groups is 4. The van der Waals surface area contributed by atoms with Crippen molar-refractivity contribution in [1.29, 1.82) is 0 Å². The highest BCUT2D eigenvalue weighted by atomic mass is 19.4. The van der Waals surface area contributed by atoms with Crippen molar-refractivity contribution in [2.24, 2.45) is 0 Å². The van der Waals surface area contributed by atoms with Crippen LogP contribution in [0.25, 0.3) is 5.69 Å². The molecule has 3 aliphatic heterocycles. The molecular weight excluding hydrogens is 513 g/mol. The molecule has 3 aliphatic rings. The molecule has 0 aliphatic carbocycles. The van der Waals surface area contributed by atoms with Crippen molar-refractivity contribution in [2.75, 3.05) is 13.2 Å². The molecule has 5 rings (SSSR count). The number of benzene rings is 1. The first-order chi connectivity index (χ1) is 18.0. The number of carboxylic acid groups (broad SMARTS) is 1. The first-order valence-corrected chi connectivity index (χ1v) is 11.8. The molecule has 2 aromatic rings. The summed E-state index contributed by atoms with van der Waals surface area (Å²) in [6.07, 6.45) is -0.358. The minimum Gasteiger partial charge on any atom is -0.475 e. The maximum absolute atomic E-state index is 12.8. The fourth-order valence-electron chi connectivity index (χ4n) is 4.40. The van der Waals surface area contributed by atoms with E-state index in [4.69, 9.17) is 14.6 Å². The number of alkyl halides is 3. The monoisotopic (exact) mass is 538 g/mol. The Morgan fingerprint density at radius 2 is 1.97 bits per heavy atom. The van der Waals surface area contributed by atoms with E-state index in [1.54, 1.807) is 10.7 Å². The number of carbonyl (C=O) groups excluding carboxylic acids is 3. The second-order valence-corrected chi connectivity index (χ2v) is 9.01. The molecule has 0 saturated carbocycles. The van der Waals surface area contributed by atoms with Gasteiger partial charge in [-0.15, -0.1) is 5.10 Å². The van der Waals surface area contributed by atoms with Crippen molar-refractivity contribution < 1.29 is 42.2 Å². The number of carboxylic acids is 1. The quantitative estimate of drug-likeness (QED) is 0.456. The summed E-state index contributed by atoms with van der Waals surface area (Å²) < 4.78 is 39.1. The second-order valence-electron chi connectivity index (χ2n) is 9.01. The van der Waals surface area contributed by atoms with Crippen molar-refractivity contribution in [1.82, 2.24) is 30.5 Å². The molecule has 2 atom stereocenters. The zero-order valence-electron chi connectivity index (χ0n) is 20.0. The molecule has 4 heterocycles. The van der Waals surface area contributed by atoms with Gasteiger partial charge in [0.2, 0.25) is 11.8 Å². The molecular formula is C23H25F3N6O6. The summed E-state index contributed by atoms with van der Waals surface area (Å²) in [6.45, 7) is 2.42. The van der Waals surface area contributed by atoms with Crippen molar-refractivity contribution in [3.8, 4) is 5.69 Å². The maximum Gasteiger partial charge on any atom is 0.490 e. The lowest BCUT2D eigenvalue weighted by molar-refractivity contribution is -0.192. The molecule has 38 heavy (non-hydrogen) atoms. The largest absolute Gasteiger partial charge is 0.490 e. The average molecular weight is 538 g/mol. The van der Waals surface area contributed by atoms with Crippen molar-refractivity contribution in [2.45, 2.75) is 57.1 Å². The lowest BCUT2D eigenvalue weighted by Gasteiger charge is -2.29. The number of piperidine rings is 1. The first kappa shape index (κ1) is 27.2. The number of aromatic nitrogens is 3. The number of nitrogens with zero attached hydrogens (tertiary/aromatic N) is 4. The lowest BCUT2D eigenvalue weighted by atomic mass is 10.0. The van der Waals surface area contributed by atoms with Crippen molar-refractivity contribution in [3.05, 3.63) is 41.2 Å². The predicted molar refractivity (Wildman–Crippen MR) is 122 cm³/mol. The van der Waals surface area contributed by atoms with Gasteiger partial charge in [0, 0.05) is 24.6 Å². The average Bonchev–Trinajstić information content (AvgIpc) is 3.60. The van der Waals surface area contributed by atoms with E-state index in [9.17, 15) is 27.6 Å². The Labute approximate surface area is 214 Å². The zero-order chi connectivity index (χ0) is 27.4. The molecule has 3 N–H and O–H groups in total. The maximum atomic E-state index is 12.8. The lowest BCUT2D eigenvalue weighted by Crippen LogP contribution is -2.52. The second kappa shape index (κ2) is 11.3. The van der Waals surface area contributed by atoms with Gasteiger partial charge < -0.3 is 20.1 Å². The number of imide groups is 1. The van der Waals surface area contributed by atoms with E-state index < -0.39 is 24.1 Å². The Hall–Kier alpha value is -3.85. The van der Waals surface area contributed by atoms with Gasteiger partial charge in [0.15, 0.2) is 0 Å². The summed E-state index contributed by atoms with van der Waals surface area (Å²) in [5.74, 6) is -3.65. The van der Waals surface area contributed by atoms with Gasteiger partial charge in [-0.3, -0.25) is 19.7 Å². The molecule has 1 aromatic heterocycles. The standard InChI is InChI=1S/C21H24N6O4.C2HF3O2/c28-19-6-5-18(20(29)23-19)26-9-13-8-16(3-4-17(13)21(26)30)27-10-15(24-25-27)12-31-11-14-2-1-7-22-14;3-2(4,5)1(6)7/h3-4,8,10,14,18,22H,1-2,5-7,9,11-12H2,(H,23,28,29);(H,6,7)/t14-,18?;/m0./s1. The van der Waals surface area contributed by atoms with Crippen LogP contribution in [0.4, 0.5) is 13.2 Å². The van der Waals surface area contributed by atoms with E-state index in [1.807, 2.05) is 18.3 Å². The number of ether oxygens (including phenoxy) is 1. The number of hydrogen-bond donors (Lipinski definition) is 3. The number of amides is 3. The van der Waals surface area contributed by atoms with Gasteiger partial charge in [0.25, 0.3) is 5.91 Å². The smallest absolute Gasteiger partial charge is 0.475 e. The molecule has 1 aromatic carbocycles. The summed E-state index contributed by atoms with van der Waals surface area (Å²) in [5.41, 5.74) is 2.92. The minimum absolute atomic E-state index is 0.191. The molecule has 15 heteroatoms. The summed E-state index contributed by atoms with van der Waals surface area (Å²) in [5, 5.41) is 21.2. The van der Waals surface area contributed by atoms with Crippen LogP contribution >= 0.6 is 0 Å². The van der Waals surface area contributed by atoms with Gasteiger partial charge in [-0.05, 0) is 49.6 Å². The number of hydrogen-bond acceptors (Lipinski definition) is 8.